The van der Waals surface area contributed by atoms with Gasteiger partial charge in [-0.3, -0.25) is 28.7 Å². The zero-order valence-corrected chi connectivity index (χ0v) is 23.6. The number of amides is 5. The molecule has 0 aliphatic carbocycles. The van der Waals surface area contributed by atoms with Crippen LogP contribution in [0.2, 0.25) is 0 Å². The number of nitrogens with one attached hydrogen (secondary N) is 5. The molecule has 0 saturated heterocycles. The molecule has 14 heteroatoms. The van der Waals surface area contributed by atoms with Crippen LogP contribution in [0.1, 0.15) is 44.4 Å². The first-order chi connectivity index (χ1) is 19.6. The van der Waals surface area contributed by atoms with Crippen LogP contribution in [0.5, 0.6) is 0 Å². The lowest BCUT2D eigenvalue weighted by Gasteiger charge is -2.25. The van der Waals surface area contributed by atoms with Gasteiger partial charge in [0.05, 0.1) is 11.7 Å². The maximum absolute atomic E-state index is 13.3. The zero-order valence-electron chi connectivity index (χ0n) is 23.6. The van der Waals surface area contributed by atoms with Crippen molar-refractivity contribution < 1.29 is 24.0 Å². The molecule has 1 aromatic heterocycles. The van der Waals surface area contributed by atoms with Gasteiger partial charge in [0.1, 0.15) is 24.2 Å². The molecule has 0 radical (unpaired) electrons. The lowest BCUT2D eigenvalue weighted by molar-refractivity contribution is -0.134. The Kier molecular flexibility index (Phi) is 11.3. The summed E-state index contributed by atoms with van der Waals surface area (Å²) in [6.45, 7) is 3.61. The molecule has 0 unspecified atom stereocenters. The predicted molar refractivity (Wildman–Crippen MR) is 149 cm³/mol. The van der Waals surface area contributed by atoms with Crippen LogP contribution in [0, 0.1) is 0 Å². The summed E-state index contributed by atoms with van der Waals surface area (Å²) in [5, 5.41) is 21.7. The van der Waals surface area contributed by atoms with Crippen molar-refractivity contribution in [2.24, 2.45) is 5.73 Å². The highest BCUT2D eigenvalue weighted by atomic mass is 16.2. The highest BCUT2D eigenvalue weighted by molar-refractivity contribution is 5.95. The summed E-state index contributed by atoms with van der Waals surface area (Å²) >= 11 is 0. The molecule has 1 aliphatic heterocycles. The van der Waals surface area contributed by atoms with Crippen LogP contribution < -0.4 is 32.3 Å². The molecular formula is C27H39N9O5. The molecule has 5 amide bonds. The molecule has 3 rings (SSSR count). The Balaban J connectivity index is 1.87. The minimum atomic E-state index is -1.06. The molecule has 2 heterocycles. The Labute approximate surface area is 238 Å². The van der Waals surface area contributed by atoms with Crippen molar-refractivity contribution in [2.45, 2.75) is 82.7 Å². The van der Waals surface area contributed by atoms with Gasteiger partial charge in [-0.05, 0) is 45.7 Å². The smallest absolute Gasteiger partial charge is 0.243 e. The lowest BCUT2D eigenvalue weighted by Crippen LogP contribution is -2.58. The summed E-state index contributed by atoms with van der Waals surface area (Å²) in [6, 6.07) is 4.47. The average molecular weight is 570 g/mol. The quantitative estimate of drug-likeness (QED) is 0.236. The second-order valence-electron chi connectivity index (χ2n) is 10.2. The third kappa shape index (κ3) is 9.38. The monoisotopic (exact) mass is 569 g/mol. The third-order valence-electron chi connectivity index (χ3n) is 6.92. The lowest BCUT2D eigenvalue weighted by atomic mass is 10.0. The summed E-state index contributed by atoms with van der Waals surface area (Å²) in [7, 11) is 1.62. The first kappa shape index (κ1) is 31.2. The Morgan fingerprint density at radius 1 is 1.07 bits per heavy atom. The van der Waals surface area contributed by atoms with Gasteiger partial charge in [0.2, 0.25) is 29.5 Å². The molecule has 0 spiro atoms. The van der Waals surface area contributed by atoms with E-state index in [1.807, 2.05) is 30.3 Å². The third-order valence-corrected chi connectivity index (χ3v) is 6.92. The van der Waals surface area contributed by atoms with Gasteiger partial charge in [-0.1, -0.05) is 35.5 Å². The molecule has 222 valence electrons. The maximum atomic E-state index is 13.3. The second kappa shape index (κ2) is 14.9. The number of benzene rings is 1. The topological polar surface area (TPSA) is 202 Å². The number of likely N-dealkylation sites (N-methyl/N-ethyl adjacent to an activating group) is 1. The fourth-order valence-corrected chi connectivity index (χ4v) is 4.30. The van der Waals surface area contributed by atoms with E-state index in [2.05, 4.69) is 36.9 Å². The van der Waals surface area contributed by atoms with Gasteiger partial charge in [0.15, 0.2) is 0 Å². The normalized spacial score (nSPS) is 23.6. The average Bonchev–Trinajstić information content (AvgIpc) is 3.40. The van der Waals surface area contributed by atoms with Gasteiger partial charge < -0.3 is 32.3 Å². The summed E-state index contributed by atoms with van der Waals surface area (Å²) in [5.74, 6) is -2.87. The SMILES string of the molecule is CN[C@@H](C)C(=O)N[C@H]1Cc2cn(nn2)CCCC[C@@H](C(N)=O)NC(=O)[C@H](Cc2ccccc2)NC(=O)[C@H](C)NC1=O. The van der Waals surface area contributed by atoms with E-state index in [1.54, 1.807) is 24.9 Å². The van der Waals surface area contributed by atoms with E-state index in [1.165, 1.54) is 6.92 Å². The standard InChI is InChI=1S/C27H39N9O5/c1-16(29-3)24(38)33-22-14-19-15-36(35-34-19)12-8-7-11-20(23(28)37)31-27(41)21(13-18-9-5-4-6-10-18)32-25(39)17(2)30-26(22)40/h4-6,9-10,15-17,20-22,29H,7-8,11-14H2,1-3H3,(H2,28,37)(H,30,40)(H,31,41)(H,32,39)(H,33,38)/t16-,17-,20-,21-,22-/m0/s1. The molecule has 0 fully saturated rings. The van der Waals surface area contributed by atoms with Crippen LogP contribution in [-0.4, -0.2) is 81.8 Å². The minimum Gasteiger partial charge on any atom is -0.368 e. The molecule has 2 aromatic rings. The molecule has 2 bridgehead atoms. The fraction of sp³-hybridized carbons (Fsp3) is 0.519. The Morgan fingerprint density at radius 3 is 2.49 bits per heavy atom. The Bertz CT molecular complexity index is 1220. The van der Waals surface area contributed by atoms with Crippen LogP contribution >= 0.6 is 0 Å². The number of nitrogens with two attached hydrogens (primary N) is 1. The Morgan fingerprint density at radius 2 is 1.80 bits per heavy atom. The van der Waals surface area contributed by atoms with Gasteiger partial charge >= 0.3 is 0 Å². The van der Waals surface area contributed by atoms with Crippen molar-refractivity contribution in [1.82, 2.24) is 41.6 Å². The first-order valence-corrected chi connectivity index (χ1v) is 13.7. The summed E-state index contributed by atoms with van der Waals surface area (Å²) in [5.41, 5.74) is 6.84. The van der Waals surface area contributed by atoms with Crippen molar-refractivity contribution in [2.75, 3.05) is 7.05 Å². The molecule has 14 nitrogen and oxygen atoms in total. The van der Waals surface area contributed by atoms with E-state index in [0.29, 0.717) is 31.5 Å². The van der Waals surface area contributed by atoms with Gasteiger partial charge in [0.25, 0.3) is 0 Å². The number of aromatic nitrogens is 3. The van der Waals surface area contributed by atoms with Gasteiger partial charge in [-0.25, -0.2) is 0 Å². The molecule has 41 heavy (non-hydrogen) atoms. The van der Waals surface area contributed by atoms with Crippen LogP contribution in [-0.2, 0) is 43.4 Å². The van der Waals surface area contributed by atoms with E-state index < -0.39 is 59.7 Å². The molecular weight excluding hydrogens is 530 g/mol. The number of fused-ring (bicyclic) bond motifs is 2. The van der Waals surface area contributed by atoms with Crippen molar-refractivity contribution in [3.8, 4) is 0 Å². The van der Waals surface area contributed by atoms with E-state index in [4.69, 9.17) is 5.73 Å². The molecule has 0 saturated carbocycles. The van der Waals surface area contributed by atoms with E-state index >= 15 is 0 Å². The van der Waals surface area contributed by atoms with E-state index in [-0.39, 0.29) is 12.8 Å². The number of primary amides is 1. The van der Waals surface area contributed by atoms with Crippen molar-refractivity contribution in [1.29, 1.82) is 0 Å². The minimum absolute atomic E-state index is 0.0468. The highest BCUT2D eigenvalue weighted by Crippen LogP contribution is 2.09. The van der Waals surface area contributed by atoms with Gasteiger partial charge in [0, 0.05) is 25.6 Å². The second-order valence-corrected chi connectivity index (χ2v) is 10.2. The number of nitrogens with zero attached hydrogens (tertiary/aromatic N) is 3. The number of hydrogen-bond donors (Lipinski definition) is 6. The van der Waals surface area contributed by atoms with Gasteiger partial charge in [-0.2, -0.15) is 0 Å². The first-order valence-electron chi connectivity index (χ1n) is 13.7. The molecule has 1 aromatic carbocycles. The van der Waals surface area contributed by atoms with Crippen molar-refractivity contribution in [3.05, 3.63) is 47.8 Å². The number of aryl methyl sites for hydroxylation is 1. The van der Waals surface area contributed by atoms with Crippen molar-refractivity contribution in [3.63, 3.8) is 0 Å². The highest BCUT2D eigenvalue weighted by Gasteiger charge is 2.30. The fourth-order valence-electron chi connectivity index (χ4n) is 4.30. The van der Waals surface area contributed by atoms with E-state index in [9.17, 15) is 24.0 Å². The summed E-state index contributed by atoms with van der Waals surface area (Å²) in [4.78, 5) is 64.5. The number of hydrogen-bond acceptors (Lipinski definition) is 8. The number of rotatable bonds is 6. The molecule has 5 atom stereocenters. The number of carbonyl (C=O) groups excluding carboxylic acids is 5. The molecule has 1 aliphatic rings. The van der Waals surface area contributed by atoms with Crippen LogP contribution in [0.15, 0.2) is 36.5 Å². The zero-order chi connectivity index (χ0) is 29.9. The largest absolute Gasteiger partial charge is 0.368 e. The van der Waals surface area contributed by atoms with Crippen LogP contribution in [0.3, 0.4) is 0 Å². The Hall–Kier alpha value is -4.33. The maximum Gasteiger partial charge on any atom is 0.243 e. The van der Waals surface area contributed by atoms with Crippen LogP contribution in [0.4, 0.5) is 0 Å². The van der Waals surface area contributed by atoms with Gasteiger partial charge in [-0.15, -0.1) is 5.10 Å². The summed E-state index contributed by atoms with van der Waals surface area (Å²) in [6.07, 6.45) is 3.35. The predicted octanol–water partition coefficient (Wildman–Crippen LogP) is -1.70. The molecule has 7 N–H and O–H groups in total. The van der Waals surface area contributed by atoms with Crippen LogP contribution in [0.25, 0.3) is 0 Å². The number of carbonyl (C=O) groups is 5. The van der Waals surface area contributed by atoms with E-state index in [0.717, 1.165) is 5.56 Å². The summed E-state index contributed by atoms with van der Waals surface area (Å²) < 4.78 is 1.61. The van der Waals surface area contributed by atoms with Crippen molar-refractivity contribution >= 4 is 29.5 Å².